The highest BCUT2D eigenvalue weighted by atomic mass is 79.9. The maximum absolute atomic E-state index is 6.35. The van der Waals surface area contributed by atoms with E-state index in [1.54, 1.807) is 7.11 Å². The molecule has 0 aliphatic heterocycles. The Morgan fingerprint density at radius 2 is 2.15 bits per heavy atom. The van der Waals surface area contributed by atoms with Crippen LogP contribution in [0.5, 0.6) is 5.75 Å². The molecule has 0 fully saturated rings. The van der Waals surface area contributed by atoms with Gasteiger partial charge in [0.1, 0.15) is 5.75 Å². The number of ether oxygens (including phenoxy) is 1. The van der Waals surface area contributed by atoms with Crippen LogP contribution < -0.4 is 10.5 Å². The number of hydrogen-bond donors (Lipinski definition) is 1. The molecule has 20 heavy (non-hydrogen) atoms. The van der Waals surface area contributed by atoms with Crippen LogP contribution in [0.4, 0.5) is 0 Å². The molecule has 0 spiro atoms. The second-order valence-electron chi connectivity index (χ2n) is 4.79. The van der Waals surface area contributed by atoms with Crippen LogP contribution in [0.2, 0.25) is 0 Å². The maximum Gasteiger partial charge on any atom is 0.124 e. The zero-order valence-electron chi connectivity index (χ0n) is 12.1. The van der Waals surface area contributed by atoms with Crippen LogP contribution in [0.25, 0.3) is 0 Å². The molecular formula is C15H20BrN3O. The van der Waals surface area contributed by atoms with Crippen LogP contribution in [0.3, 0.4) is 0 Å². The quantitative estimate of drug-likeness (QED) is 0.911. The molecule has 0 saturated heterocycles. The van der Waals surface area contributed by atoms with E-state index in [4.69, 9.17) is 10.5 Å². The third-order valence-electron chi connectivity index (χ3n) is 3.31. The third-order valence-corrected chi connectivity index (χ3v) is 3.80. The lowest BCUT2D eigenvalue weighted by Crippen LogP contribution is -2.17. The van der Waals surface area contributed by atoms with E-state index >= 15 is 0 Å². The molecule has 0 radical (unpaired) electrons. The molecule has 0 amide bonds. The molecular weight excluding hydrogens is 318 g/mol. The Labute approximate surface area is 128 Å². The van der Waals surface area contributed by atoms with Gasteiger partial charge < -0.3 is 10.5 Å². The second-order valence-corrected chi connectivity index (χ2v) is 5.71. The Balaban J connectivity index is 2.25. The minimum atomic E-state index is -0.112. The van der Waals surface area contributed by atoms with Crippen molar-refractivity contribution in [3.8, 4) is 5.75 Å². The first kappa shape index (κ1) is 15.1. The van der Waals surface area contributed by atoms with Gasteiger partial charge in [0, 0.05) is 34.7 Å². The van der Waals surface area contributed by atoms with Gasteiger partial charge >= 0.3 is 0 Å². The predicted octanol–water partition coefficient (Wildman–Crippen LogP) is 3.23. The Morgan fingerprint density at radius 3 is 2.80 bits per heavy atom. The van der Waals surface area contributed by atoms with Crippen molar-refractivity contribution in [1.29, 1.82) is 0 Å². The summed E-state index contributed by atoms with van der Waals surface area (Å²) >= 11 is 3.44. The van der Waals surface area contributed by atoms with Gasteiger partial charge in [0.2, 0.25) is 0 Å². The molecule has 5 heteroatoms. The monoisotopic (exact) mass is 337 g/mol. The molecule has 1 aromatic heterocycles. The van der Waals surface area contributed by atoms with Crippen molar-refractivity contribution in [2.45, 2.75) is 32.9 Å². The number of rotatable bonds is 5. The topological polar surface area (TPSA) is 53.1 Å². The number of nitrogens with two attached hydrogens (primary N) is 1. The largest absolute Gasteiger partial charge is 0.496 e. The van der Waals surface area contributed by atoms with Crippen molar-refractivity contribution in [1.82, 2.24) is 9.78 Å². The van der Waals surface area contributed by atoms with E-state index in [0.717, 1.165) is 40.1 Å². The minimum absolute atomic E-state index is 0.112. The van der Waals surface area contributed by atoms with Gasteiger partial charge in [-0.15, -0.1) is 0 Å². The van der Waals surface area contributed by atoms with Crippen molar-refractivity contribution in [2.24, 2.45) is 5.73 Å². The van der Waals surface area contributed by atoms with Crippen LogP contribution in [0.1, 0.15) is 29.9 Å². The van der Waals surface area contributed by atoms with Crippen molar-refractivity contribution in [3.63, 3.8) is 0 Å². The predicted molar refractivity (Wildman–Crippen MR) is 84.0 cm³/mol. The number of halogens is 1. The molecule has 1 heterocycles. The Bertz CT molecular complexity index is 595. The smallest absolute Gasteiger partial charge is 0.124 e. The number of methoxy groups -OCH3 is 1. The van der Waals surface area contributed by atoms with E-state index in [1.165, 1.54) is 0 Å². The molecule has 0 aliphatic carbocycles. The second kappa shape index (κ2) is 6.41. The maximum atomic E-state index is 6.35. The third kappa shape index (κ3) is 3.22. The summed E-state index contributed by atoms with van der Waals surface area (Å²) in [5.74, 6) is 0.811. The Hall–Kier alpha value is -1.33. The summed E-state index contributed by atoms with van der Waals surface area (Å²) in [6.45, 7) is 4.94. The average molecular weight is 338 g/mol. The molecule has 2 N–H and O–H groups in total. The molecule has 2 aromatic rings. The summed E-state index contributed by atoms with van der Waals surface area (Å²) in [5.41, 5.74) is 9.54. The van der Waals surface area contributed by atoms with Gasteiger partial charge in [0.25, 0.3) is 0 Å². The highest BCUT2D eigenvalue weighted by Crippen LogP contribution is 2.29. The van der Waals surface area contributed by atoms with Crippen LogP contribution >= 0.6 is 15.9 Å². The zero-order valence-corrected chi connectivity index (χ0v) is 13.6. The fraction of sp³-hybridized carbons (Fsp3) is 0.400. The number of benzene rings is 1. The lowest BCUT2D eigenvalue weighted by atomic mass is 10.0. The molecule has 1 aromatic carbocycles. The normalized spacial score (nSPS) is 12.4. The molecule has 0 bridgehead atoms. The van der Waals surface area contributed by atoms with Crippen LogP contribution in [0.15, 0.2) is 28.7 Å². The summed E-state index contributed by atoms with van der Waals surface area (Å²) in [4.78, 5) is 0. The first-order valence-corrected chi connectivity index (χ1v) is 7.46. The Kier molecular flexibility index (Phi) is 4.83. The highest BCUT2D eigenvalue weighted by molar-refractivity contribution is 9.10. The molecule has 2 rings (SSSR count). The highest BCUT2D eigenvalue weighted by Gasteiger charge is 2.15. The zero-order chi connectivity index (χ0) is 14.7. The molecule has 0 aliphatic rings. The van der Waals surface area contributed by atoms with Crippen LogP contribution in [-0.2, 0) is 13.0 Å². The van der Waals surface area contributed by atoms with E-state index in [9.17, 15) is 0 Å². The summed E-state index contributed by atoms with van der Waals surface area (Å²) < 4.78 is 8.40. The van der Waals surface area contributed by atoms with Gasteiger partial charge in [0.15, 0.2) is 0 Å². The molecule has 1 atom stereocenters. The first-order valence-electron chi connectivity index (χ1n) is 6.67. The lowest BCUT2D eigenvalue weighted by Gasteiger charge is -2.16. The average Bonchev–Trinajstić information content (AvgIpc) is 2.78. The van der Waals surface area contributed by atoms with Crippen molar-refractivity contribution in [2.75, 3.05) is 7.11 Å². The van der Waals surface area contributed by atoms with E-state index in [2.05, 4.69) is 34.0 Å². The van der Waals surface area contributed by atoms with Crippen molar-refractivity contribution in [3.05, 3.63) is 45.7 Å². The van der Waals surface area contributed by atoms with Crippen molar-refractivity contribution < 1.29 is 4.74 Å². The van der Waals surface area contributed by atoms with E-state index in [-0.39, 0.29) is 6.04 Å². The molecule has 0 saturated carbocycles. The first-order chi connectivity index (χ1) is 9.55. The van der Waals surface area contributed by atoms with Crippen molar-refractivity contribution >= 4 is 15.9 Å². The summed E-state index contributed by atoms with van der Waals surface area (Å²) in [7, 11) is 1.67. The summed E-state index contributed by atoms with van der Waals surface area (Å²) in [6, 6.07) is 7.92. The fourth-order valence-electron chi connectivity index (χ4n) is 2.36. The number of aromatic nitrogens is 2. The van der Waals surface area contributed by atoms with Gasteiger partial charge in [-0.1, -0.05) is 22.0 Å². The van der Waals surface area contributed by atoms with Crippen LogP contribution in [0, 0.1) is 6.92 Å². The Morgan fingerprint density at radius 1 is 1.40 bits per heavy atom. The van der Waals surface area contributed by atoms with Gasteiger partial charge in [-0.2, -0.15) is 5.10 Å². The number of nitrogens with zero attached hydrogens (tertiary/aromatic N) is 2. The lowest BCUT2D eigenvalue weighted by molar-refractivity contribution is 0.404. The molecule has 108 valence electrons. The summed E-state index contributed by atoms with van der Waals surface area (Å²) in [5, 5.41) is 4.45. The fourth-order valence-corrected chi connectivity index (χ4v) is 2.70. The van der Waals surface area contributed by atoms with Gasteiger partial charge in [-0.25, -0.2) is 0 Å². The van der Waals surface area contributed by atoms with E-state index < -0.39 is 0 Å². The molecule has 4 nitrogen and oxygen atoms in total. The van der Waals surface area contributed by atoms with E-state index in [0.29, 0.717) is 0 Å². The summed E-state index contributed by atoms with van der Waals surface area (Å²) in [6.07, 6.45) is 0.743. The van der Waals surface area contributed by atoms with Gasteiger partial charge in [-0.3, -0.25) is 4.68 Å². The number of hydrogen-bond acceptors (Lipinski definition) is 3. The standard InChI is InChI=1S/C15H20BrN3O/c1-4-19-12(7-10(2)18-19)9-14(17)13-6-5-11(16)8-15(13)20-3/h5-8,14H,4,9,17H2,1-3H3. The SMILES string of the molecule is CCn1nc(C)cc1CC(N)c1ccc(Br)cc1OC. The molecule has 1 unspecified atom stereocenters. The number of aryl methyl sites for hydroxylation is 2. The minimum Gasteiger partial charge on any atom is -0.496 e. The van der Waals surface area contributed by atoms with Gasteiger partial charge in [-0.05, 0) is 32.0 Å². The van der Waals surface area contributed by atoms with E-state index in [1.807, 2.05) is 29.8 Å². The van der Waals surface area contributed by atoms with Crippen LogP contribution in [-0.4, -0.2) is 16.9 Å². The van der Waals surface area contributed by atoms with Gasteiger partial charge in [0.05, 0.1) is 12.8 Å².